The van der Waals surface area contributed by atoms with E-state index >= 15 is 0 Å². The number of rotatable bonds is 12. The second-order valence-electron chi connectivity index (χ2n) is 8.90. The highest BCUT2D eigenvalue weighted by molar-refractivity contribution is 5.81. The Morgan fingerprint density at radius 2 is 1.48 bits per heavy atom. The van der Waals surface area contributed by atoms with E-state index in [2.05, 4.69) is 42.2 Å². The summed E-state index contributed by atoms with van der Waals surface area (Å²) in [6.45, 7) is 3.33. The van der Waals surface area contributed by atoms with E-state index in [1.54, 1.807) is 0 Å². The maximum atomic E-state index is 12.7. The smallest absolute Gasteiger partial charge is 0.136 e. The van der Waals surface area contributed by atoms with Crippen LogP contribution in [0.25, 0.3) is 0 Å². The van der Waals surface area contributed by atoms with Crippen molar-refractivity contribution in [1.82, 2.24) is 4.90 Å². The molecule has 2 unspecified atom stereocenters. The SMILES string of the molecule is CCCCCCCCCCC(=O)C1CC2CCC(C1)N2Cc1ccccc1. The Bertz CT molecular complexity index is 541. The number of fused-ring (bicyclic) bond motifs is 2. The lowest BCUT2D eigenvalue weighted by Crippen LogP contribution is -2.44. The Morgan fingerprint density at radius 1 is 0.889 bits per heavy atom. The molecule has 0 radical (unpaired) electrons. The van der Waals surface area contributed by atoms with Crippen molar-refractivity contribution < 1.29 is 4.79 Å². The van der Waals surface area contributed by atoms with Crippen molar-refractivity contribution in [3.63, 3.8) is 0 Å². The molecule has 2 aliphatic heterocycles. The summed E-state index contributed by atoms with van der Waals surface area (Å²) in [5.74, 6) is 0.913. The van der Waals surface area contributed by atoms with Gasteiger partial charge in [-0.3, -0.25) is 9.69 Å². The van der Waals surface area contributed by atoms with Crippen LogP contribution in [-0.4, -0.2) is 22.8 Å². The summed E-state index contributed by atoms with van der Waals surface area (Å²) in [7, 11) is 0. The average Bonchev–Trinajstić information content (AvgIpc) is 2.91. The van der Waals surface area contributed by atoms with Crippen LogP contribution in [0.4, 0.5) is 0 Å². The Morgan fingerprint density at radius 3 is 2.11 bits per heavy atom. The number of benzene rings is 1. The van der Waals surface area contributed by atoms with Gasteiger partial charge in [-0.2, -0.15) is 0 Å². The topological polar surface area (TPSA) is 20.3 Å². The molecule has 0 saturated carbocycles. The van der Waals surface area contributed by atoms with Gasteiger partial charge in [0.1, 0.15) is 5.78 Å². The van der Waals surface area contributed by atoms with Gasteiger partial charge in [0.05, 0.1) is 0 Å². The predicted molar refractivity (Wildman–Crippen MR) is 114 cm³/mol. The van der Waals surface area contributed by atoms with E-state index in [1.807, 2.05) is 0 Å². The third-order valence-corrected chi connectivity index (χ3v) is 6.82. The largest absolute Gasteiger partial charge is 0.299 e. The van der Waals surface area contributed by atoms with Crippen molar-refractivity contribution >= 4 is 5.78 Å². The van der Waals surface area contributed by atoms with Crippen molar-refractivity contribution in [3.05, 3.63) is 35.9 Å². The fourth-order valence-electron chi connectivity index (χ4n) is 5.23. The summed E-state index contributed by atoms with van der Waals surface area (Å²) >= 11 is 0. The van der Waals surface area contributed by atoms with Crippen LogP contribution in [0.1, 0.15) is 96.0 Å². The van der Waals surface area contributed by atoms with Crippen molar-refractivity contribution in [2.75, 3.05) is 0 Å². The van der Waals surface area contributed by atoms with E-state index in [0.29, 0.717) is 23.8 Å². The molecule has 2 heterocycles. The Hall–Kier alpha value is -1.15. The maximum Gasteiger partial charge on any atom is 0.136 e. The van der Waals surface area contributed by atoms with Gasteiger partial charge in [-0.1, -0.05) is 82.2 Å². The van der Waals surface area contributed by atoms with Gasteiger partial charge in [0, 0.05) is 31.0 Å². The Balaban J connectivity index is 1.35. The van der Waals surface area contributed by atoms with Gasteiger partial charge in [0.2, 0.25) is 0 Å². The normalized spacial score (nSPS) is 25.0. The molecule has 27 heavy (non-hydrogen) atoms. The number of unbranched alkanes of at least 4 members (excludes halogenated alkanes) is 7. The third-order valence-electron chi connectivity index (χ3n) is 6.82. The maximum absolute atomic E-state index is 12.7. The highest BCUT2D eigenvalue weighted by Crippen LogP contribution is 2.40. The van der Waals surface area contributed by atoms with Gasteiger partial charge in [0.25, 0.3) is 0 Å². The molecule has 2 nitrogen and oxygen atoms in total. The number of nitrogens with zero attached hydrogens (tertiary/aromatic N) is 1. The molecular weight excluding hydrogens is 330 g/mol. The molecule has 0 aromatic heterocycles. The standard InChI is InChI=1S/C25H39NO/c1-2-3-4-5-6-7-8-12-15-25(27)22-18-23-16-17-24(19-22)26(23)20-21-13-10-9-11-14-21/h9-11,13-14,22-24H,2-8,12,15-20H2,1H3. The molecular formula is C25H39NO. The molecule has 0 spiro atoms. The van der Waals surface area contributed by atoms with Gasteiger partial charge in [-0.05, 0) is 37.7 Å². The zero-order valence-electron chi connectivity index (χ0n) is 17.4. The lowest BCUT2D eigenvalue weighted by molar-refractivity contribution is -0.125. The minimum Gasteiger partial charge on any atom is -0.299 e. The second-order valence-corrected chi connectivity index (χ2v) is 8.90. The lowest BCUT2D eigenvalue weighted by Gasteiger charge is -2.38. The summed E-state index contributed by atoms with van der Waals surface area (Å²) in [4.78, 5) is 15.4. The molecule has 2 aliphatic rings. The zero-order chi connectivity index (χ0) is 18.9. The van der Waals surface area contributed by atoms with Gasteiger partial charge in [0.15, 0.2) is 0 Å². The Labute approximate surface area is 166 Å². The molecule has 0 amide bonds. The quantitative estimate of drug-likeness (QED) is 0.390. The summed E-state index contributed by atoms with van der Waals surface area (Å²) in [5, 5.41) is 0. The molecule has 1 aromatic carbocycles. The van der Waals surface area contributed by atoms with Crippen LogP contribution in [-0.2, 0) is 11.3 Å². The number of piperidine rings is 1. The van der Waals surface area contributed by atoms with Gasteiger partial charge in [-0.25, -0.2) is 0 Å². The highest BCUT2D eigenvalue weighted by Gasteiger charge is 2.42. The monoisotopic (exact) mass is 369 g/mol. The van der Waals surface area contributed by atoms with E-state index < -0.39 is 0 Å². The lowest BCUT2D eigenvalue weighted by atomic mass is 9.85. The van der Waals surface area contributed by atoms with Crippen molar-refractivity contribution in [2.45, 2.75) is 109 Å². The van der Waals surface area contributed by atoms with Gasteiger partial charge >= 0.3 is 0 Å². The first-order chi connectivity index (χ1) is 13.3. The van der Waals surface area contributed by atoms with Crippen LogP contribution in [0.15, 0.2) is 30.3 Å². The van der Waals surface area contributed by atoms with Crippen molar-refractivity contribution in [2.24, 2.45) is 5.92 Å². The molecule has 2 fully saturated rings. The highest BCUT2D eigenvalue weighted by atomic mass is 16.1. The molecule has 150 valence electrons. The van der Waals surface area contributed by atoms with Gasteiger partial charge in [-0.15, -0.1) is 0 Å². The first-order valence-corrected chi connectivity index (χ1v) is 11.6. The van der Waals surface area contributed by atoms with E-state index in [4.69, 9.17) is 0 Å². The van der Waals surface area contributed by atoms with Gasteiger partial charge < -0.3 is 0 Å². The predicted octanol–water partition coefficient (Wildman–Crippen LogP) is 6.53. The molecule has 1 aromatic rings. The zero-order valence-corrected chi connectivity index (χ0v) is 17.4. The average molecular weight is 370 g/mol. The summed E-state index contributed by atoms with van der Waals surface area (Å²) in [5.41, 5.74) is 1.41. The number of ketones is 1. The summed E-state index contributed by atoms with van der Waals surface area (Å²) in [6.07, 6.45) is 16.1. The number of carbonyl (C=O) groups excluding carboxylic acids is 1. The van der Waals surface area contributed by atoms with Crippen molar-refractivity contribution in [1.29, 1.82) is 0 Å². The van der Waals surface area contributed by atoms with Crippen LogP contribution in [0, 0.1) is 5.92 Å². The van der Waals surface area contributed by atoms with Crippen LogP contribution in [0.2, 0.25) is 0 Å². The van der Waals surface area contributed by atoms with Crippen LogP contribution in [0.5, 0.6) is 0 Å². The van der Waals surface area contributed by atoms with Crippen molar-refractivity contribution in [3.8, 4) is 0 Å². The number of Topliss-reactive ketones (excluding diaryl/α,β-unsaturated/α-hetero) is 1. The number of hydrogen-bond donors (Lipinski definition) is 0. The molecule has 2 atom stereocenters. The molecule has 2 saturated heterocycles. The van der Waals surface area contributed by atoms with E-state index in [9.17, 15) is 4.79 Å². The summed E-state index contributed by atoms with van der Waals surface area (Å²) < 4.78 is 0. The fraction of sp³-hybridized carbons (Fsp3) is 0.720. The minimum absolute atomic E-state index is 0.346. The first kappa shape index (κ1) is 20.6. The Kier molecular flexibility index (Phi) is 8.38. The molecule has 2 bridgehead atoms. The fourth-order valence-corrected chi connectivity index (χ4v) is 5.23. The molecule has 3 rings (SSSR count). The third kappa shape index (κ3) is 6.17. The van der Waals surface area contributed by atoms with E-state index in [1.165, 1.54) is 63.4 Å². The van der Waals surface area contributed by atoms with Crippen LogP contribution in [0.3, 0.4) is 0 Å². The summed E-state index contributed by atoms with van der Waals surface area (Å²) in [6, 6.07) is 12.1. The second kappa shape index (κ2) is 11.0. The van der Waals surface area contributed by atoms with E-state index in [0.717, 1.165) is 32.2 Å². The molecule has 0 aliphatic carbocycles. The molecule has 0 N–H and O–H groups in total. The van der Waals surface area contributed by atoms with Crippen LogP contribution < -0.4 is 0 Å². The number of carbonyl (C=O) groups is 1. The first-order valence-electron chi connectivity index (χ1n) is 11.6. The molecule has 2 heteroatoms. The van der Waals surface area contributed by atoms with E-state index in [-0.39, 0.29) is 0 Å². The van der Waals surface area contributed by atoms with Crippen LogP contribution >= 0.6 is 0 Å². The number of hydrogen-bond acceptors (Lipinski definition) is 2. The minimum atomic E-state index is 0.346.